The van der Waals surface area contributed by atoms with E-state index in [1.54, 1.807) is 0 Å². The van der Waals surface area contributed by atoms with Crippen LogP contribution in [0.2, 0.25) is 0 Å². The molecule has 0 aliphatic carbocycles. The first kappa shape index (κ1) is 14.0. The van der Waals surface area contributed by atoms with E-state index in [0.717, 1.165) is 9.88 Å². The maximum Gasteiger partial charge on any atom is 0.134 e. The molecular formula is C12H16N2OS2. The number of hydrogen-bond acceptors (Lipinski definition) is 4. The topological polar surface area (TPSA) is 44.6 Å². The lowest BCUT2D eigenvalue weighted by Gasteiger charge is -2.10. The van der Waals surface area contributed by atoms with Gasteiger partial charge in [0.2, 0.25) is 0 Å². The van der Waals surface area contributed by atoms with E-state index < -0.39 is 0 Å². The predicted octanol–water partition coefficient (Wildman–Crippen LogP) is 2.88. The highest BCUT2D eigenvalue weighted by Gasteiger charge is 2.06. The van der Waals surface area contributed by atoms with Crippen LogP contribution in [0, 0.1) is 0 Å². The molecule has 0 heterocycles. The van der Waals surface area contributed by atoms with Gasteiger partial charge >= 0.3 is 0 Å². The summed E-state index contributed by atoms with van der Waals surface area (Å²) < 4.78 is 0.720. The van der Waals surface area contributed by atoms with Gasteiger partial charge in [-0.2, -0.15) is 0 Å². The summed E-state index contributed by atoms with van der Waals surface area (Å²) in [6.07, 6.45) is 0. The van der Waals surface area contributed by atoms with Gasteiger partial charge in [0, 0.05) is 17.4 Å². The van der Waals surface area contributed by atoms with Crippen LogP contribution >= 0.6 is 24.0 Å². The molecule has 92 valence electrons. The van der Waals surface area contributed by atoms with E-state index in [4.69, 9.17) is 17.4 Å². The Morgan fingerprint density at radius 2 is 2.06 bits per heavy atom. The highest BCUT2D eigenvalue weighted by atomic mass is 32.2. The van der Waals surface area contributed by atoms with Crippen LogP contribution in [0.15, 0.2) is 35.5 Å². The summed E-state index contributed by atoms with van der Waals surface area (Å²) in [4.78, 5) is 0. The van der Waals surface area contributed by atoms with E-state index in [9.17, 15) is 0 Å². The number of nitrogens with zero attached hydrogens (tertiary/aromatic N) is 1. The van der Waals surface area contributed by atoms with Crippen LogP contribution in [-0.2, 0) is 0 Å². The molecule has 0 radical (unpaired) electrons. The van der Waals surface area contributed by atoms with Gasteiger partial charge in [-0.3, -0.25) is 0 Å². The van der Waals surface area contributed by atoms with Gasteiger partial charge < -0.3 is 10.5 Å². The molecule has 1 rings (SSSR count). The highest BCUT2D eigenvalue weighted by Crippen LogP contribution is 2.09. The molecule has 0 unspecified atom stereocenters. The molecule has 17 heavy (non-hydrogen) atoms. The molecule has 0 saturated carbocycles. The number of thioether (sulfide) groups is 1. The standard InChI is InChI=1S/C12H16N2OS2/c1-9(2)13-12(16)17-8-11(14-15)10-6-4-3-5-7-10/h3-7,9,15H,8H2,1-2H3,(H,13,16). The third-order valence-corrected chi connectivity index (χ3v) is 3.24. The normalized spacial score (nSPS) is 11.6. The van der Waals surface area contributed by atoms with Gasteiger partial charge in [-0.05, 0) is 13.8 Å². The summed E-state index contributed by atoms with van der Waals surface area (Å²) in [5, 5.41) is 15.4. The maximum atomic E-state index is 8.99. The Morgan fingerprint density at radius 3 is 2.59 bits per heavy atom. The first-order valence-corrected chi connectivity index (χ1v) is 6.72. The van der Waals surface area contributed by atoms with Gasteiger partial charge in [0.05, 0.1) is 5.71 Å². The summed E-state index contributed by atoms with van der Waals surface area (Å²) >= 11 is 6.62. The predicted molar refractivity (Wildman–Crippen MR) is 78.1 cm³/mol. The van der Waals surface area contributed by atoms with Crippen molar-refractivity contribution in [2.45, 2.75) is 19.9 Å². The van der Waals surface area contributed by atoms with Gasteiger partial charge in [0.15, 0.2) is 0 Å². The lowest BCUT2D eigenvalue weighted by molar-refractivity contribution is 0.319. The van der Waals surface area contributed by atoms with Gasteiger partial charge in [0.1, 0.15) is 4.32 Å². The third-order valence-electron chi connectivity index (χ3n) is 1.97. The molecule has 5 heteroatoms. The fourth-order valence-corrected chi connectivity index (χ4v) is 2.44. The van der Waals surface area contributed by atoms with Gasteiger partial charge in [-0.25, -0.2) is 0 Å². The SMILES string of the molecule is CC(C)NC(=S)SCC(=NO)c1ccccc1. The van der Waals surface area contributed by atoms with Crippen molar-refractivity contribution in [3.63, 3.8) is 0 Å². The van der Waals surface area contributed by atoms with Crippen LogP contribution in [0.5, 0.6) is 0 Å². The average Bonchev–Trinajstić information content (AvgIpc) is 2.30. The highest BCUT2D eigenvalue weighted by molar-refractivity contribution is 8.23. The van der Waals surface area contributed by atoms with Crippen molar-refractivity contribution in [2.75, 3.05) is 5.75 Å². The van der Waals surface area contributed by atoms with Crippen LogP contribution in [0.3, 0.4) is 0 Å². The largest absolute Gasteiger partial charge is 0.411 e. The molecule has 3 nitrogen and oxygen atoms in total. The van der Waals surface area contributed by atoms with Crippen molar-refractivity contribution in [3.8, 4) is 0 Å². The van der Waals surface area contributed by atoms with Crippen LogP contribution in [0.1, 0.15) is 19.4 Å². The molecule has 1 aromatic carbocycles. The van der Waals surface area contributed by atoms with Crippen molar-refractivity contribution >= 4 is 34.0 Å². The number of rotatable bonds is 4. The zero-order chi connectivity index (χ0) is 12.7. The molecule has 0 aliphatic heterocycles. The summed E-state index contributed by atoms with van der Waals surface area (Å²) in [5.74, 6) is 0.555. The molecular weight excluding hydrogens is 252 g/mol. The fraction of sp³-hybridized carbons (Fsp3) is 0.333. The van der Waals surface area contributed by atoms with E-state index >= 15 is 0 Å². The molecule has 0 saturated heterocycles. The summed E-state index contributed by atoms with van der Waals surface area (Å²) in [6.45, 7) is 4.07. The van der Waals surface area contributed by atoms with E-state index in [-0.39, 0.29) is 0 Å². The van der Waals surface area contributed by atoms with Crippen LogP contribution in [-0.4, -0.2) is 27.0 Å². The Hall–Kier alpha value is -1.07. The zero-order valence-electron chi connectivity index (χ0n) is 9.88. The Labute approximate surface area is 111 Å². The average molecular weight is 268 g/mol. The van der Waals surface area contributed by atoms with E-state index in [0.29, 0.717) is 17.5 Å². The first-order chi connectivity index (χ1) is 8.13. The van der Waals surface area contributed by atoms with Crippen LogP contribution in [0.4, 0.5) is 0 Å². The first-order valence-electron chi connectivity index (χ1n) is 5.33. The zero-order valence-corrected chi connectivity index (χ0v) is 11.5. The molecule has 1 aromatic rings. The molecule has 2 N–H and O–H groups in total. The Morgan fingerprint density at radius 1 is 1.41 bits per heavy atom. The summed E-state index contributed by atoms with van der Waals surface area (Å²) in [5.41, 5.74) is 1.54. The minimum atomic E-state index is 0.321. The lowest BCUT2D eigenvalue weighted by atomic mass is 10.1. The molecule has 0 spiro atoms. The number of thiocarbonyl (C=S) groups is 1. The minimum Gasteiger partial charge on any atom is -0.411 e. The third kappa shape index (κ3) is 5.19. The second kappa shape index (κ2) is 7.29. The Balaban J connectivity index is 2.53. The maximum absolute atomic E-state index is 8.99. The minimum absolute atomic E-state index is 0.321. The van der Waals surface area contributed by atoms with Gasteiger partial charge in [0.25, 0.3) is 0 Å². The van der Waals surface area contributed by atoms with E-state index in [1.807, 2.05) is 44.2 Å². The van der Waals surface area contributed by atoms with Crippen molar-refractivity contribution < 1.29 is 5.21 Å². The quantitative estimate of drug-likeness (QED) is 0.381. The summed E-state index contributed by atoms with van der Waals surface area (Å²) in [7, 11) is 0. The molecule has 0 aromatic heterocycles. The molecule has 0 aliphatic rings. The van der Waals surface area contributed by atoms with Crippen LogP contribution in [0.25, 0.3) is 0 Å². The van der Waals surface area contributed by atoms with Gasteiger partial charge in [-0.1, -0.05) is 59.5 Å². The fourth-order valence-electron chi connectivity index (χ4n) is 1.21. The molecule has 0 bridgehead atoms. The molecule has 0 atom stereocenters. The smallest absolute Gasteiger partial charge is 0.134 e. The second-order valence-corrected chi connectivity index (χ2v) is 5.44. The van der Waals surface area contributed by atoms with Crippen molar-refractivity contribution in [2.24, 2.45) is 5.16 Å². The summed E-state index contributed by atoms with van der Waals surface area (Å²) in [6, 6.07) is 9.90. The van der Waals surface area contributed by atoms with Crippen molar-refractivity contribution in [3.05, 3.63) is 35.9 Å². The number of benzene rings is 1. The molecule has 0 fully saturated rings. The lowest BCUT2D eigenvalue weighted by Crippen LogP contribution is -2.27. The Bertz CT molecular complexity index is 391. The van der Waals surface area contributed by atoms with Gasteiger partial charge in [-0.15, -0.1) is 0 Å². The van der Waals surface area contributed by atoms with Crippen molar-refractivity contribution in [1.29, 1.82) is 0 Å². The molecule has 0 amide bonds. The monoisotopic (exact) mass is 268 g/mol. The van der Waals surface area contributed by atoms with Crippen LogP contribution < -0.4 is 5.32 Å². The van der Waals surface area contributed by atoms with E-state index in [2.05, 4.69) is 10.5 Å². The number of hydrogen-bond donors (Lipinski definition) is 2. The van der Waals surface area contributed by atoms with Crippen molar-refractivity contribution in [1.82, 2.24) is 5.32 Å². The number of oxime groups is 1. The second-order valence-electron chi connectivity index (χ2n) is 3.79. The number of nitrogens with one attached hydrogen (secondary N) is 1. The van der Waals surface area contributed by atoms with E-state index in [1.165, 1.54) is 11.8 Å². The Kier molecular flexibility index (Phi) is 6.00.